The van der Waals surface area contributed by atoms with Crippen molar-refractivity contribution in [1.29, 1.82) is 0 Å². The number of aliphatic imine (C=N–C) groups is 1. The van der Waals surface area contributed by atoms with E-state index in [0.29, 0.717) is 13.0 Å². The summed E-state index contributed by atoms with van der Waals surface area (Å²) in [7, 11) is 0. The van der Waals surface area contributed by atoms with E-state index < -0.39 is 0 Å². The van der Waals surface area contributed by atoms with Gasteiger partial charge in [0.2, 0.25) is 0 Å². The molecule has 3 nitrogen and oxygen atoms in total. The number of hydrogen-bond donors (Lipinski definition) is 1. The zero-order valence-corrected chi connectivity index (χ0v) is 12.5. The van der Waals surface area contributed by atoms with Crippen molar-refractivity contribution in [2.24, 2.45) is 4.99 Å². The largest absolute Gasteiger partial charge is 0.478 e. The molecular formula is C16H23NO2. The Balaban J connectivity index is 2.36. The van der Waals surface area contributed by atoms with Crippen molar-refractivity contribution in [3.63, 3.8) is 0 Å². The summed E-state index contributed by atoms with van der Waals surface area (Å²) in [5, 5.41) is 9.50. The minimum atomic E-state index is -0.109. The van der Waals surface area contributed by atoms with Crippen molar-refractivity contribution in [2.75, 3.05) is 6.61 Å². The van der Waals surface area contributed by atoms with E-state index in [4.69, 9.17) is 4.74 Å². The number of nitrogens with zero attached hydrogens (tertiary/aromatic N) is 1. The maximum atomic E-state index is 9.50. The average Bonchev–Trinajstić information content (AvgIpc) is 2.64. The molecule has 0 aromatic heterocycles. The molecule has 1 N–H and O–H groups in total. The van der Waals surface area contributed by atoms with Crippen LogP contribution in [-0.4, -0.2) is 23.2 Å². The van der Waals surface area contributed by atoms with Gasteiger partial charge in [-0.25, -0.2) is 4.99 Å². The highest BCUT2D eigenvalue weighted by atomic mass is 16.5. The van der Waals surface area contributed by atoms with Gasteiger partial charge in [0, 0.05) is 6.42 Å². The fourth-order valence-corrected chi connectivity index (χ4v) is 2.69. The smallest absolute Gasteiger partial charge is 0.188 e. The lowest BCUT2D eigenvalue weighted by Crippen LogP contribution is -2.17. The summed E-state index contributed by atoms with van der Waals surface area (Å²) >= 11 is 0. The molecule has 1 aliphatic rings. The molecule has 104 valence electrons. The van der Waals surface area contributed by atoms with Crippen LogP contribution in [0.3, 0.4) is 0 Å². The predicted molar refractivity (Wildman–Crippen MR) is 77.7 cm³/mol. The molecule has 0 fully saturated rings. The first-order chi connectivity index (χ1) is 8.84. The van der Waals surface area contributed by atoms with E-state index in [-0.39, 0.29) is 12.1 Å². The van der Waals surface area contributed by atoms with Crippen molar-refractivity contribution >= 4 is 5.90 Å². The summed E-state index contributed by atoms with van der Waals surface area (Å²) in [5.74, 6) is 0.809. The van der Waals surface area contributed by atoms with E-state index >= 15 is 0 Å². The van der Waals surface area contributed by atoms with Gasteiger partial charge in [-0.1, -0.05) is 6.07 Å². The summed E-state index contributed by atoms with van der Waals surface area (Å²) in [5.41, 5.74) is 5.70. The van der Waals surface area contributed by atoms with Gasteiger partial charge in [-0.3, -0.25) is 0 Å². The van der Waals surface area contributed by atoms with Gasteiger partial charge in [0.15, 0.2) is 5.90 Å². The van der Waals surface area contributed by atoms with Crippen LogP contribution in [0, 0.1) is 20.8 Å². The fourth-order valence-electron chi connectivity index (χ4n) is 2.69. The summed E-state index contributed by atoms with van der Waals surface area (Å²) in [6.07, 6.45) is 0.717. The van der Waals surface area contributed by atoms with E-state index in [1.54, 1.807) is 0 Å². The van der Waals surface area contributed by atoms with Crippen molar-refractivity contribution in [1.82, 2.24) is 0 Å². The van der Waals surface area contributed by atoms with Crippen molar-refractivity contribution in [3.05, 3.63) is 33.9 Å². The first-order valence-electron chi connectivity index (χ1n) is 6.75. The second-order valence-corrected chi connectivity index (χ2v) is 6.03. The van der Waals surface area contributed by atoms with Crippen LogP contribution in [0.4, 0.5) is 0 Å². The Morgan fingerprint density at radius 2 is 1.84 bits per heavy atom. The van der Waals surface area contributed by atoms with Crippen LogP contribution in [0.25, 0.3) is 0 Å². The molecule has 0 spiro atoms. The number of aliphatic hydroxyl groups excluding tert-OH is 1. The highest BCUT2D eigenvalue weighted by molar-refractivity contribution is 5.81. The number of benzene rings is 1. The summed E-state index contributed by atoms with van der Waals surface area (Å²) in [6.45, 7) is 11.1. The summed E-state index contributed by atoms with van der Waals surface area (Å²) < 4.78 is 5.67. The number of rotatable bonds is 3. The Morgan fingerprint density at radius 3 is 2.37 bits per heavy atom. The maximum absolute atomic E-state index is 9.50. The van der Waals surface area contributed by atoms with E-state index in [2.05, 4.69) is 38.8 Å². The molecule has 0 amide bonds. The van der Waals surface area contributed by atoms with Gasteiger partial charge in [-0.05, 0) is 62.4 Å². The SMILES string of the molecule is Cc1cc(C)c(CC2=NC(C)(C)CO2)c(C)c1CO. The van der Waals surface area contributed by atoms with E-state index in [1.165, 1.54) is 11.1 Å². The number of hydrogen-bond acceptors (Lipinski definition) is 3. The highest BCUT2D eigenvalue weighted by Gasteiger charge is 2.26. The standard InChI is InChI=1S/C16H23NO2/c1-10-6-11(2)14(8-18)12(3)13(10)7-15-17-16(4,5)9-19-15/h6,18H,7-9H2,1-5H3. The molecule has 0 aliphatic carbocycles. The molecule has 0 unspecified atom stereocenters. The number of aliphatic hydroxyl groups is 1. The molecule has 0 radical (unpaired) electrons. The Kier molecular flexibility index (Phi) is 3.68. The van der Waals surface area contributed by atoms with Crippen LogP contribution in [0.15, 0.2) is 11.1 Å². The molecule has 1 heterocycles. The van der Waals surface area contributed by atoms with E-state index in [1.807, 2.05) is 6.92 Å². The van der Waals surface area contributed by atoms with Gasteiger partial charge in [0.05, 0.1) is 12.1 Å². The third-order valence-electron chi connectivity index (χ3n) is 3.80. The minimum Gasteiger partial charge on any atom is -0.478 e. The average molecular weight is 261 g/mol. The quantitative estimate of drug-likeness (QED) is 0.909. The van der Waals surface area contributed by atoms with Crippen LogP contribution in [0.1, 0.15) is 41.7 Å². The molecule has 2 rings (SSSR count). The lowest BCUT2D eigenvalue weighted by atomic mass is 9.92. The molecule has 1 aromatic rings. The van der Waals surface area contributed by atoms with Crippen LogP contribution in [0.2, 0.25) is 0 Å². The molecule has 0 saturated carbocycles. The number of aryl methyl sites for hydroxylation is 2. The lowest BCUT2D eigenvalue weighted by Gasteiger charge is -2.16. The molecule has 1 aliphatic heterocycles. The molecule has 3 heteroatoms. The zero-order chi connectivity index (χ0) is 14.2. The van der Waals surface area contributed by atoms with Gasteiger partial charge in [0.25, 0.3) is 0 Å². The van der Waals surface area contributed by atoms with Crippen molar-refractivity contribution in [3.8, 4) is 0 Å². The normalized spacial score (nSPS) is 17.3. The summed E-state index contributed by atoms with van der Waals surface area (Å²) in [6, 6.07) is 2.13. The first kappa shape index (κ1) is 14.1. The highest BCUT2D eigenvalue weighted by Crippen LogP contribution is 2.25. The van der Waals surface area contributed by atoms with Gasteiger partial charge in [0.1, 0.15) is 6.61 Å². The second-order valence-electron chi connectivity index (χ2n) is 6.03. The van der Waals surface area contributed by atoms with Gasteiger partial charge in [-0.2, -0.15) is 0 Å². The minimum absolute atomic E-state index is 0.0871. The van der Waals surface area contributed by atoms with Crippen LogP contribution >= 0.6 is 0 Å². The van der Waals surface area contributed by atoms with Crippen molar-refractivity contribution in [2.45, 2.75) is 53.2 Å². The topological polar surface area (TPSA) is 41.8 Å². The van der Waals surface area contributed by atoms with E-state index in [9.17, 15) is 5.11 Å². The third-order valence-corrected chi connectivity index (χ3v) is 3.80. The second kappa shape index (κ2) is 4.97. The monoisotopic (exact) mass is 261 g/mol. The van der Waals surface area contributed by atoms with E-state index in [0.717, 1.165) is 22.6 Å². The van der Waals surface area contributed by atoms with Gasteiger partial charge >= 0.3 is 0 Å². The Morgan fingerprint density at radius 1 is 1.21 bits per heavy atom. The molecule has 1 aromatic carbocycles. The Bertz CT molecular complexity index is 530. The van der Waals surface area contributed by atoms with Crippen LogP contribution in [-0.2, 0) is 17.8 Å². The van der Waals surface area contributed by atoms with Crippen LogP contribution < -0.4 is 0 Å². The van der Waals surface area contributed by atoms with Gasteiger partial charge < -0.3 is 9.84 Å². The Labute approximate surface area is 115 Å². The molecule has 0 atom stereocenters. The first-order valence-corrected chi connectivity index (χ1v) is 6.75. The summed E-state index contributed by atoms with van der Waals surface area (Å²) in [4.78, 5) is 4.61. The molecular weight excluding hydrogens is 238 g/mol. The number of ether oxygens (including phenoxy) is 1. The zero-order valence-electron chi connectivity index (χ0n) is 12.5. The predicted octanol–water partition coefficient (Wildman–Crippen LogP) is 2.85. The van der Waals surface area contributed by atoms with Gasteiger partial charge in [-0.15, -0.1) is 0 Å². The third kappa shape index (κ3) is 2.81. The molecule has 19 heavy (non-hydrogen) atoms. The maximum Gasteiger partial charge on any atom is 0.188 e. The van der Waals surface area contributed by atoms with Crippen LogP contribution in [0.5, 0.6) is 0 Å². The fraction of sp³-hybridized carbons (Fsp3) is 0.562. The lowest BCUT2D eigenvalue weighted by molar-refractivity contribution is 0.274. The molecule has 0 saturated heterocycles. The van der Waals surface area contributed by atoms with Crippen molar-refractivity contribution < 1.29 is 9.84 Å². The molecule has 0 bridgehead atoms. The Hall–Kier alpha value is -1.35.